The van der Waals surface area contributed by atoms with Crippen molar-refractivity contribution in [3.05, 3.63) is 12.2 Å². The van der Waals surface area contributed by atoms with E-state index in [1.807, 2.05) is 6.08 Å². The third-order valence-corrected chi connectivity index (χ3v) is 8.68. The SMILES string of the molecule is CCCCCCCCCCCCCC=CCC(CC(=O)O)C(=O)NCCCCCCCCCCCCCCCCCC. The van der Waals surface area contributed by atoms with Crippen LogP contribution in [0.3, 0.4) is 0 Å². The lowest BCUT2D eigenvalue weighted by Gasteiger charge is -2.13. The lowest BCUT2D eigenvalue weighted by Crippen LogP contribution is -2.32. The molecule has 0 aromatic rings. The van der Waals surface area contributed by atoms with Gasteiger partial charge in [0.2, 0.25) is 5.91 Å². The van der Waals surface area contributed by atoms with Crippen molar-refractivity contribution in [2.75, 3.05) is 6.54 Å². The lowest BCUT2D eigenvalue weighted by atomic mass is 9.99. The second-order valence-electron chi connectivity index (χ2n) is 12.9. The molecule has 0 aliphatic carbocycles. The van der Waals surface area contributed by atoms with Gasteiger partial charge in [-0.3, -0.25) is 9.59 Å². The zero-order chi connectivity index (χ0) is 30.8. The average Bonchev–Trinajstić information content (AvgIpc) is 2.98. The van der Waals surface area contributed by atoms with Crippen LogP contribution in [0.2, 0.25) is 0 Å². The Bertz CT molecular complexity index is 603. The number of carbonyl (C=O) groups excluding carboxylic acids is 1. The highest BCUT2D eigenvalue weighted by Crippen LogP contribution is 2.15. The summed E-state index contributed by atoms with van der Waals surface area (Å²) in [6.07, 6.45) is 41.8. The van der Waals surface area contributed by atoms with Gasteiger partial charge in [0.1, 0.15) is 0 Å². The number of nitrogens with one attached hydrogen (secondary N) is 1. The standard InChI is InChI=1S/C38H73NO3/c1-3-5-7-9-11-13-15-17-19-20-22-24-26-28-30-32-34-39-38(42)36(35-37(40)41)33-31-29-27-25-23-21-18-16-14-12-10-8-6-4-2/h29,31,36H,3-28,30,32-35H2,1-2H3,(H,39,42)(H,40,41). The normalized spacial score (nSPS) is 12.2. The molecule has 0 spiro atoms. The molecule has 1 unspecified atom stereocenters. The number of carboxylic acids is 1. The highest BCUT2D eigenvalue weighted by molar-refractivity contribution is 5.83. The van der Waals surface area contributed by atoms with Gasteiger partial charge in [0, 0.05) is 6.54 Å². The Balaban J connectivity index is 3.67. The van der Waals surface area contributed by atoms with Gasteiger partial charge < -0.3 is 10.4 Å². The van der Waals surface area contributed by atoms with Crippen LogP contribution in [0.4, 0.5) is 0 Å². The maximum Gasteiger partial charge on any atom is 0.304 e. The van der Waals surface area contributed by atoms with E-state index in [-0.39, 0.29) is 12.3 Å². The predicted molar refractivity (Wildman–Crippen MR) is 183 cm³/mol. The van der Waals surface area contributed by atoms with Gasteiger partial charge in [0.25, 0.3) is 0 Å². The molecule has 0 radical (unpaired) electrons. The van der Waals surface area contributed by atoms with Gasteiger partial charge in [-0.1, -0.05) is 187 Å². The predicted octanol–water partition coefficient (Wildman–Crippen LogP) is 12.1. The highest BCUT2D eigenvalue weighted by atomic mass is 16.4. The van der Waals surface area contributed by atoms with Gasteiger partial charge in [0.05, 0.1) is 12.3 Å². The minimum Gasteiger partial charge on any atom is -0.481 e. The molecule has 1 amide bonds. The fourth-order valence-electron chi connectivity index (χ4n) is 5.83. The van der Waals surface area contributed by atoms with Crippen molar-refractivity contribution >= 4 is 11.9 Å². The Labute approximate surface area is 262 Å². The molecule has 0 aromatic heterocycles. The van der Waals surface area contributed by atoms with Gasteiger partial charge >= 0.3 is 5.97 Å². The van der Waals surface area contributed by atoms with Crippen LogP contribution in [-0.2, 0) is 9.59 Å². The van der Waals surface area contributed by atoms with Crippen LogP contribution in [0.5, 0.6) is 0 Å². The average molecular weight is 592 g/mol. The molecule has 0 saturated heterocycles. The summed E-state index contributed by atoms with van der Waals surface area (Å²) >= 11 is 0. The van der Waals surface area contributed by atoms with Crippen LogP contribution in [0, 0.1) is 5.92 Å². The topological polar surface area (TPSA) is 66.4 Å². The number of carboxylic acid groups (broad SMARTS) is 1. The molecule has 1 atom stereocenters. The van der Waals surface area contributed by atoms with E-state index in [4.69, 9.17) is 0 Å². The van der Waals surface area contributed by atoms with Gasteiger partial charge in [0.15, 0.2) is 0 Å². The molecule has 0 heterocycles. The molecule has 0 rings (SSSR count). The molecular formula is C38H73NO3. The Morgan fingerprint density at radius 3 is 1.26 bits per heavy atom. The van der Waals surface area contributed by atoms with Gasteiger partial charge in [-0.05, 0) is 25.7 Å². The quantitative estimate of drug-likeness (QED) is 0.0577. The van der Waals surface area contributed by atoms with Crippen molar-refractivity contribution in [3.8, 4) is 0 Å². The van der Waals surface area contributed by atoms with E-state index in [0.717, 1.165) is 19.3 Å². The second kappa shape index (κ2) is 34.2. The molecule has 0 aromatic carbocycles. The monoisotopic (exact) mass is 592 g/mol. The van der Waals surface area contributed by atoms with Crippen molar-refractivity contribution < 1.29 is 14.7 Å². The van der Waals surface area contributed by atoms with E-state index < -0.39 is 11.9 Å². The molecular weight excluding hydrogens is 518 g/mol. The molecule has 248 valence electrons. The maximum absolute atomic E-state index is 12.6. The Morgan fingerprint density at radius 2 is 0.881 bits per heavy atom. The van der Waals surface area contributed by atoms with E-state index in [0.29, 0.717) is 13.0 Å². The first kappa shape index (κ1) is 40.7. The smallest absolute Gasteiger partial charge is 0.304 e. The third-order valence-electron chi connectivity index (χ3n) is 8.68. The summed E-state index contributed by atoms with van der Waals surface area (Å²) in [5.41, 5.74) is 0. The molecule has 4 nitrogen and oxygen atoms in total. The molecule has 0 fully saturated rings. The lowest BCUT2D eigenvalue weighted by molar-refractivity contribution is -0.141. The van der Waals surface area contributed by atoms with Crippen LogP contribution < -0.4 is 5.32 Å². The summed E-state index contributed by atoms with van der Waals surface area (Å²) in [7, 11) is 0. The number of allylic oxidation sites excluding steroid dienone is 2. The Kier molecular flexibility index (Phi) is 33.1. The summed E-state index contributed by atoms with van der Waals surface area (Å²) in [6, 6.07) is 0. The van der Waals surface area contributed by atoms with Crippen LogP contribution in [0.25, 0.3) is 0 Å². The number of aliphatic carboxylic acids is 1. The molecule has 0 aliphatic heterocycles. The molecule has 2 N–H and O–H groups in total. The fraction of sp³-hybridized carbons (Fsp3) is 0.895. The summed E-state index contributed by atoms with van der Waals surface area (Å²) < 4.78 is 0. The van der Waals surface area contributed by atoms with Crippen LogP contribution >= 0.6 is 0 Å². The molecule has 0 bridgehead atoms. The molecule has 0 aliphatic rings. The number of unbranched alkanes of at least 4 members (excludes halogenated alkanes) is 26. The van der Waals surface area contributed by atoms with Crippen molar-refractivity contribution in [1.29, 1.82) is 0 Å². The minimum atomic E-state index is -0.892. The first-order valence-corrected chi connectivity index (χ1v) is 18.8. The summed E-state index contributed by atoms with van der Waals surface area (Å²) in [5.74, 6) is -1.45. The van der Waals surface area contributed by atoms with Crippen molar-refractivity contribution in [3.63, 3.8) is 0 Å². The molecule has 42 heavy (non-hydrogen) atoms. The van der Waals surface area contributed by atoms with Gasteiger partial charge in [-0.25, -0.2) is 0 Å². The maximum atomic E-state index is 12.6. The van der Waals surface area contributed by atoms with Crippen LogP contribution in [0.15, 0.2) is 12.2 Å². The summed E-state index contributed by atoms with van der Waals surface area (Å²) in [6.45, 7) is 5.21. The zero-order valence-electron chi connectivity index (χ0n) is 28.4. The number of carbonyl (C=O) groups is 2. The summed E-state index contributed by atoms with van der Waals surface area (Å²) in [5, 5.41) is 12.3. The van der Waals surface area contributed by atoms with E-state index in [1.54, 1.807) is 0 Å². The number of hydrogen-bond acceptors (Lipinski definition) is 2. The first-order chi connectivity index (χ1) is 20.6. The minimum absolute atomic E-state index is 0.0897. The molecule has 0 saturated carbocycles. The zero-order valence-corrected chi connectivity index (χ0v) is 28.4. The van der Waals surface area contributed by atoms with Crippen LogP contribution in [-0.4, -0.2) is 23.5 Å². The number of hydrogen-bond donors (Lipinski definition) is 2. The number of rotatable bonds is 34. The van der Waals surface area contributed by atoms with E-state index >= 15 is 0 Å². The van der Waals surface area contributed by atoms with Crippen molar-refractivity contribution in [1.82, 2.24) is 5.32 Å². The van der Waals surface area contributed by atoms with Crippen LogP contribution in [0.1, 0.15) is 206 Å². The highest BCUT2D eigenvalue weighted by Gasteiger charge is 2.19. The Hall–Kier alpha value is -1.32. The van der Waals surface area contributed by atoms with E-state index in [9.17, 15) is 14.7 Å². The first-order valence-electron chi connectivity index (χ1n) is 18.8. The van der Waals surface area contributed by atoms with Gasteiger partial charge in [-0.15, -0.1) is 0 Å². The fourth-order valence-corrected chi connectivity index (χ4v) is 5.83. The Morgan fingerprint density at radius 1 is 0.524 bits per heavy atom. The largest absolute Gasteiger partial charge is 0.481 e. The summed E-state index contributed by atoms with van der Waals surface area (Å²) in [4.78, 5) is 23.9. The molecule has 4 heteroatoms. The number of amides is 1. The van der Waals surface area contributed by atoms with Gasteiger partial charge in [-0.2, -0.15) is 0 Å². The second-order valence-corrected chi connectivity index (χ2v) is 12.9. The van der Waals surface area contributed by atoms with E-state index in [2.05, 4.69) is 25.2 Å². The van der Waals surface area contributed by atoms with E-state index in [1.165, 1.54) is 161 Å². The van der Waals surface area contributed by atoms with Crippen molar-refractivity contribution in [2.24, 2.45) is 5.92 Å². The van der Waals surface area contributed by atoms with Crippen molar-refractivity contribution in [2.45, 2.75) is 206 Å². The third kappa shape index (κ3) is 31.6.